The molecule has 0 aliphatic carbocycles. The second kappa shape index (κ2) is 6.81. The van der Waals surface area contributed by atoms with Crippen LogP contribution in [0.15, 0.2) is 60.9 Å². The summed E-state index contributed by atoms with van der Waals surface area (Å²) in [5.74, 6) is 0.795. The number of rotatable bonds is 5. The van der Waals surface area contributed by atoms with Gasteiger partial charge in [0.2, 0.25) is 0 Å². The highest BCUT2D eigenvalue weighted by Crippen LogP contribution is 2.25. The van der Waals surface area contributed by atoms with Crippen LogP contribution < -0.4 is 4.74 Å². The summed E-state index contributed by atoms with van der Waals surface area (Å²) in [7, 11) is 0. The van der Waals surface area contributed by atoms with Crippen LogP contribution in [0.3, 0.4) is 0 Å². The molecule has 0 aliphatic heterocycles. The van der Waals surface area contributed by atoms with Crippen LogP contribution in [0.4, 0.5) is 0 Å². The Balaban J connectivity index is 1.49. The summed E-state index contributed by atoms with van der Waals surface area (Å²) in [5, 5.41) is 12.7. The highest BCUT2D eigenvalue weighted by atomic mass is 16.5. The summed E-state index contributed by atoms with van der Waals surface area (Å²) < 4.78 is 7.89. The Bertz CT molecular complexity index is 1060. The van der Waals surface area contributed by atoms with Crippen molar-refractivity contribution >= 4 is 21.8 Å². The zero-order valence-corrected chi connectivity index (χ0v) is 15.0. The van der Waals surface area contributed by atoms with E-state index in [0.717, 1.165) is 27.6 Å². The minimum atomic E-state index is -0.618. The second-order valence-corrected chi connectivity index (χ2v) is 6.76. The first kappa shape index (κ1) is 16.6. The van der Waals surface area contributed by atoms with Crippen molar-refractivity contribution in [2.75, 3.05) is 6.61 Å². The van der Waals surface area contributed by atoms with E-state index in [0.29, 0.717) is 6.54 Å². The Morgan fingerprint density at radius 2 is 1.81 bits per heavy atom. The highest BCUT2D eigenvalue weighted by molar-refractivity contribution is 5.88. The largest absolute Gasteiger partial charge is 0.490 e. The third-order valence-electron chi connectivity index (χ3n) is 4.82. The number of aryl methyl sites for hydroxylation is 2. The molecule has 0 fully saturated rings. The van der Waals surface area contributed by atoms with Gasteiger partial charge in [-0.05, 0) is 48.6 Å². The molecule has 26 heavy (non-hydrogen) atoms. The normalized spacial score (nSPS) is 12.6. The summed E-state index contributed by atoms with van der Waals surface area (Å²) in [6, 6.07) is 18.3. The van der Waals surface area contributed by atoms with E-state index in [1.54, 1.807) is 6.33 Å². The maximum absolute atomic E-state index is 10.5. The monoisotopic (exact) mass is 346 g/mol. The van der Waals surface area contributed by atoms with Gasteiger partial charge in [0.25, 0.3) is 0 Å². The van der Waals surface area contributed by atoms with E-state index < -0.39 is 6.10 Å². The SMILES string of the molecule is Cc1cc2ncn(CC(O)COc3cccc4ccccc34)c2cc1C. The molecule has 0 aliphatic rings. The lowest BCUT2D eigenvalue weighted by atomic mass is 10.1. The van der Waals surface area contributed by atoms with Crippen molar-refractivity contribution < 1.29 is 9.84 Å². The van der Waals surface area contributed by atoms with Gasteiger partial charge in [-0.1, -0.05) is 36.4 Å². The predicted octanol–water partition coefficient (Wildman–Crippen LogP) is 4.25. The number of aliphatic hydroxyl groups is 1. The Morgan fingerprint density at radius 1 is 1.04 bits per heavy atom. The third kappa shape index (κ3) is 3.16. The van der Waals surface area contributed by atoms with Crippen molar-refractivity contribution in [3.8, 4) is 5.75 Å². The average Bonchev–Trinajstić information content (AvgIpc) is 3.02. The third-order valence-corrected chi connectivity index (χ3v) is 4.82. The Labute approximate surface area is 152 Å². The zero-order valence-electron chi connectivity index (χ0n) is 15.0. The van der Waals surface area contributed by atoms with Crippen molar-refractivity contribution in [1.82, 2.24) is 9.55 Å². The standard InChI is InChI=1S/C22H22N2O2/c1-15-10-20-21(11-16(15)2)24(14-23-20)12-18(25)13-26-22-9-5-7-17-6-3-4-8-19(17)22/h3-11,14,18,25H,12-13H2,1-2H3. The smallest absolute Gasteiger partial charge is 0.127 e. The number of aliphatic hydroxyl groups excluding tert-OH is 1. The van der Waals surface area contributed by atoms with Gasteiger partial charge in [-0.25, -0.2) is 4.98 Å². The minimum absolute atomic E-state index is 0.235. The fraction of sp³-hybridized carbons (Fsp3) is 0.227. The lowest BCUT2D eigenvalue weighted by Crippen LogP contribution is -2.23. The van der Waals surface area contributed by atoms with Crippen LogP contribution in [0, 0.1) is 13.8 Å². The van der Waals surface area contributed by atoms with Crippen LogP contribution in [-0.2, 0) is 6.54 Å². The molecule has 4 nitrogen and oxygen atoms in total. The lowest BCUT2D eigenvalue weighted by molar-refractivity contribution is 0.0942. The van der Waals surface area contributed by atoms with Crippen LogP contribution in [-0.4, -0.2) is 27.4 Å². The topological polar surface area (TPSA) is 47.3 Å². The molecule has 0 bridgehead atoms. The summed E-state index contributed by atoms with van der Waals surface area (Å²) in [6.07, 6.45) is 1.16. The fourth-order valence-corrected chi connectivity index (χ4v) is 3.25. The summed E-state index contributed by atoms with van der Waals surface area (Å²) in [4.78, 5) is 4.44. The van der Waals surface area contributed by atoms with Gasteiger partial charge < -0.3 is 14.4 Å². The number of aromatic nitrogens is 2. The van der Waals surface area contributed by atoms with Crippen molar-refractivity contribution in [1.29, 1.82) is 0 Å². The second-order valence-electron chi connectivity index (χ2n) is 6.76. The molecule has 4 rings (SSSR count). The number of hydrogen-bond donors (Lipinski definition) is 1. The molecule has 0 spiro atoms. The van der Waals surface area contributed by atoms with Crippen molar-refractivity contribution in [3.05, 3.63) is 72.1 Å². The molecular weight excluding hydrogens is 324 g/mol. The van der Waals surface area contributed by atoms with E-state index in [1.807, 2.05) is 34.9 Å². The molecule has 1 unspecified atom stereocenters. The van der Waals surface area contributed by atoms with Crippen molar-refractivity contribution in [3.63, 3.8) is 0 Å². The van der Waals surface area contributed by atoms with Gasteiger partial charge >= 0.3 is 0 Å². The molecule has 1 heterocycles. The molecule has 0 saturated carbocycles. The minimum Gasteiger partial charge on any atom is -0.490 e. The fourth-order valence-electron chi connectivity index (χ4n) is 3.25. The van der Waals surface area contributed by atoms with E-state index in [4.69, 9.17) is 4.74 Å². The summed E-state index contributed by atoms with van der Waals surface area (Å²) in [5.41, 5.74) is 4.44. The van der Waals surface area contributed by atoms with E-state index >= 15 is 0 Å². The Hall–Kier alpha value is -2.85. The van der Waals surface area contributed by atoms with Crippen LogP contribution in [0.2, 0.25) is 0 Å². The van der Waals surface area contributed by atoms with Gasteiger partial charge in [-0.3, -0.25) is 0 Å². The molecule has 3 aromatic carbocycles. The first-order chi connectivity index (χ1) is 12.6. The Morgan fingerprint density at radius 3 is 2.69 bits per heavy atom. The van der Waals surface area contributed by atoms with E-state index in [1.165, 1.54) is 11.1 Å². The number of benzene rings is 3. The van der Waals surface area contributed by atoms with Crippen LogP contribution in [0.1, 0.15) is 11.1 Å². The van der Waals surface area contributed by atoms with E-state index in [2.05, 4.69) is 43.1 Å². The molecular formula is C22H22N2O2. The van der Waals surface area contributed by atoms with Gasteiger partial charge in [-0.2, -0.15) is 0 Å². The molecule has 4 heteroatoms. The molecule has 0 radical (unpaired) electrons. The molecule has 4 aromatic rings. The van der Waals surface area contributed by atoms with E-state index in [9.17, 15) is 5.11 Å². The van der Waals surface area contributed by atoms with Gasteiger partial charge in [0.1, 0.15) is 18.5 Å². The number of imidazole rings is 1. The van der Waals surface area contributed by atoms with Crippen LogP contribution in [0.25, 0.3) is 21.8 Å². The molecule has 132 valence electrons. The van der Waals surface area contributed by atoms with Crippen molar-refractivity contribution in [2.24, 2.45) is 0 Å². The highest BCUT2D eigenvalue weighted by Gasteiger charge is 2.11. The first-order valence-electron chi connectivity index (χ1n) is 8.82. The lowest BCUT2D eigenvalue weighted by Gasteiger charge is -2.15. The molecule has 1 atom stereocenters. The summed E-state index contributed by atoms with van der Waals surface area (Å²) >= 11 is 0. The maximum Gasteiger partial charge on any atom is 0.127 e. The summed E-state index contributed by atoms with van der Waals surface area (Å²) in [6.45, 7) is 4.86. The predicted molar refractivity (Wildman–Crippen MR) is 105 cm³/mol. The average molecular weight is 346 g/mol. The van der Waals surface area contributed by atoms with Gasteiger partial charge in [-0.15, -0.1) is 0 Å². The van der Waals surface area contributed by atoms with Gasteiger partial charge in [0, 0.05) is 5.39 Å². The quantitative estimate of drug-likeness (QED) is 0.588. The van der Waals surface area contributed by atoms with Crippen LogP contribution >= 0.6 is 0 Å². The van der Waals surface area contributed by atoms with Gasteiger partial charge in [0.15, 0.2) is 0 Å². The maximum atomic E-state index is 10.5. The number of fused-ring (bicyclic) bond motifs is 2. The van der Waals surface area contributed by atoms with E-state index in [-0.39, 0.29) is 6.61 Å². The molecule has 0 amide bonds. The van der Waals surface area contributed by atoms with Gasteiger partial charge in [0.05, 0.1) is 23.9 Å². The zero-order chi connectivity index (χ0) is 18.1. The molecule has 1 aromatic heterocycles. The first-order valence-corrected chi connectivity index (χ1v) is 8.82. The molecule has 0 saturated heterocycles. The molecule has 1 N–H and O–H groups in total. The number of nitrogens with zero attached hydrogens (tertiary/aromatic N) is 2. The van der Waals surface area contributed by atoms with Crippen LogP contribution in [0.5, 0.6) is 5.75 Å². The Kier molecular flexibility index (Phi) is 4.35. The number of hydrogen-bond acceptors (Lipinski definition) is 3. The van der Waals surface area contributed by atoms with Crippen molar-refractivity contribution in [2.45, 2.75) is 26.5 Å². The number of ether oxygens (including phenoxy) is 1.